The summed E-state index contributed by atoms with van der Waals surface area (Å²) in [5, 5.41) is 10.4. The number of hydrazine groups is 1. The zero-order valence-electron chi connectivity index (χ0n) is 23.4. The number of ether oxygens (including phenoxy) is 2. The smallest absolute Gasteiger partial charge is 0.409 e. The van der Waals surface area contributed by atoms with Crippen LogP contribution in [0.1, 0.15) is 51.7 Å². The number of urea groups is 2. The van der Waals surface area contributed by atoms with Gasteiger partial charge in [0.05, 0.1) is 0 Å². The molecular formula is C28H40N6O6. The fourth-order valence-corrected chi connectivity index (χ4v) is 3.57. The first-order valence-electron chi connectivity index (χ1n) is 13.2. The van der Waals surface area contributed by atoms with E-state index in [2.05, 4.69) is 32.1 Å². The number of rotatable bonds is 12. The molecule has 0 aliphatic carbocycles. The van der Waals surface area contributed by atoms with Gasteiger partial charge in [0.1, 0.15) is 25.5 Å². The molecule has 12 heteroatoms. The summed E-state index contributed by atoms with van der Waals surface area (Å²) < 4.78 is 10.4. The normalized spacial score (nSPS) is 12.1. The molecule has 40 heavy (non-hydrogen) atoms. The summed E-state index contributed by atoms with van der Waals surface area (Å²) in [6.45, 7) is 7.90. The molecule has 0 radical (unpaired) electrons. The summed E-state index contributed by atoms with van der Waals surface area (Å²) in [5.41, 5.74) is 6.11. The van der Waals surface area contributed by atoms with Crippen LogP contribution >= 0.6 is 0 Å². The quantitative estimate of drug-likeness (QED) is 0.171. The highest BCUT2D eigenvalue weighted by Crippen LogP contribution is 2.06. The molecule has 2 rings (SSSR count). The van der Waals surface area contributed by atoms with Crippen LogP contribution in [-0.2, 0) is 22.7 Å². The topological polar surface area (TPSA) is 159 Å². The second-order valence-corrected chi connectivity index (χ2v) is 9.97. The van der Waals surface area contributed by atoms with Crippen molar-refractivity contribution in [3.63, 3.8) is 0 Å². The minimum absolute atomic E-state index is 0.0837. The van der Waals surface area contributed by atoms with E-state index >= 15 is 0 Å². The van der Waals surface area contributed by atoms with Gasteiger partial charge >= 0.3 is 24.2 Å². The Morgan fingerprint density at radius 2 is 0.925 bits per heavy atom. The van der Waals surface area contributed by atoms with Crippen LogP contribution in [0.25, 0.3) is 0 Å². The lowest BCUT2D eigenvalue weighted by Gasteiger charge is -2.23. The van der Waals surface area contributed by atoms with Crippen molar-refractivity contribution in [3.05, 3.63) is 71.8 Å². The summed E-state index contributed by atoms with van der Waals surface area (Å²) in [6.07, 6.45) is -2.04. The summed E-state index contributed by atoms with van der Waals surface area (Å²) in [7, 11) is 0. The van der Waals surface area contributed by atoms with Gasteiger partial charge in [0.25, 0.3) is 0 Å². The average molecular weight is 557 g/mol. The number of hydrogen-bond donors (Lipinski definition) is 6. The van der Waals surface area contributed by atoms with Gasteiger partial charge in [-0.3, -0.25) is 0 Å². The molecule has 0 fully saturated rings. The highest BCUT2D eigenvalue weighted by atomic mass is 16.6. The van der Waals surface area contributed by atoms with Gasteiger partial charge < -0.3 is 30.7 Å². The molecule has 0 bridgehead atoms. The Hall–Kier alpha value is -4.48. The molecule has 2 aromatic rings. The summed E-state index contributed by atoms with van der Waals surface area (Å²) in [6, 6.07) is 16.9. The van der Waals surface area contributed by atoms with Crippen molar-refractivity contribution in [1.82, 2.24) is 32.1 Å². The predicted octanol–water partition coefficient (Wildman–Crippen LogP) is 4.10. The summed E-state index contributed by atoms with van der Waals surface area (Å²) in [5.74, 6) is 0.279. The second-order valence-electron chi connectivity index (χ2n) is 9.97. The average Bonchev–Trinajstić information content (AvgIpc) is 2.90. The Labute approximate surface area is 234 Å². The van der Waals surface area contributed by atoms with E-state index in [0.29, 0.717) is 12.8 Å². The van der Waals surface area contributed by atoms with Gasteiger partial charge in [-0.2, -0.15) is 0 Å². The van der Waals surface area contributed by atoms with Crippen LogP contribution in [-0.4, -0.2) is 36.6 Å². The van der Waals surface area contributed by atoms with Crippen LogP contribution in [0.5, 0.6) is 0 Å². The van der Waals surface area contributed by atoms with E-state index in [1.807, 2.05) is 88.4 Å². The van der Waals surface area contributed by atoms with E-state index in [9.17, 15) is 19.2 Å². The van der Waals surface area contributed by atoms with E-state index in [4.69, 9.17) is 9.47 Å². The van der Waals surface area contributed by atoms with Crippen LogP contribution in [0.15, 0.2) is 60.7 Å². The summed E-state index contributed by atoms with van der Waals surface area (Å²) >= 11 is 0. The van der Waals surface area contributed by atoms with Gasteiger partial charge in [-0.05, 0) is 35.8 Å². The minimum atomic E-state index is -0.750. The number of hydrogen-bond acceptors (Lipinski definition) is 6. The van der Waals surface area contributed by atoms with Gasteiger partial charge in [-0.25, -0.2) is 30.0 Å². The molecule has 0 saturated heterocycles. The SMILES string of the molecule is CC(C)C[C@@H](NC(=O)NNC(=O)N[C@H](CC(C)C)NC(=O)OCc1ccccc1)NC(=O)OCc1ccccc1. The molecule has 2 atom stereocenters. The molecule has 2 aromatic carbocycles. The summed E-state index contributed by atoms with van der Waals surface area (Å²) in [4.78, 5) is 49.3. The van der Waals surface area contributed by atoms with Crippen LogP contribution in [0, 0.1) is 11.8 Å². The largest absolute Gasteiger partial charge is 0.445 e. The van der Waals surface area contributed by atoms with Crippen molar-refractivity contribution in [2.45, 2.75) is 66.1 Å². The fourth-order valence-electron chi connectivity index (χ4n) is 3.57. The van der Waals surface area contributed by atoms with Gasteiger partial charge in [0, 0.05) is 0 Å². The molecule has 6 amide bonds. The second kappa shape index (κ2) is 17.2. The molecule has 0 saturated carbocycles. The zero-order valence-corrected chi connectivity index (χ0v) is 23.4. The number of alkyl carbamates (subject to hydrolysis) is 2. The van der Waals surface area contributed by atoms with Crippen molar-refractivity contribution in [2.24, 2.45) is 11.8 Å². The predicted molar refractivity (Wildman–Crippen MR) is 149 cm³/mol. The third kappa shape index (κ3) is 13.9. The zero-order chi connectivity index (χ0) is 29.3. The van der Waals surface area contributed by atoms with E-state index in [1.165, 1.54) is 0 Å². The van der Waals surface area contributed by atoms with Gasteiger partial charge in [-0.15, -0.1) is 0 Å². The number of carbonyl (C=O) groups is 4. The Morgan fingerprint density at radius 1 is 0.575 bits per heavy atom. The highest BCUT2D eigenvalue weighted by molar-refractivity contribution is 5.81. The van der Waals surface area contributed by atoms with Crippen LogP contribution < -0.4 is 32.1 Å². The molecule has 218 valence electrons. The van der Waals surface area contributed by atoms with Crippen molar-refractivity contribution >= 4 is 24.2 Å². The molecular weight excluding hydrogens is 516 g/mol. The lowest BCUT2D eigenvalue weighted by molar-refractivity contribution is 0.130. The molecule has 0 aliphatic rings. The molecule has 0 unspecified atom stereocenters. The lowest BCUT2D eigenvalue weighted by atomic mass is 10.1. The highest BCUT2D eigenvalue weighted by Gasteiger charge is 2.20. The van der Waals surface area contributed by atoms with Crippen molar-refractivity contribution in [3.8, 4) is 0 Å². The number of amides is 6. The standard InChI is InChI=1S/C28H40N6O6/c1-19(2)15-23(31-27(37)39-17-21-11-7-5-8-12-21)29-25(35)33-34-26(36)30-24(16-20(3)4)32-28(38)40-18-22-13-9-6-10-14-22/h5-14,19-20,23-24H,15-18H2,1-4H3,(H,31,37)(H,32,38)(H2,29,33,35)(H2,30,34,36)/t23-,24-/m0/s1. The molecule has 12 nitrogen and oxygen atoms in total. The maximum Gasteiger partial charge on any atom is 0.409 e. The first-order chi connectivity index (χ1) is 19.1. The monoisotopic (exact) mass is 556 g/mol. The Balaban J connectivity index is 1.79. The Morgan fingerprint density at radius 3 is 1.25 bits per heavy atom. The molecule has 0 spiro atoms. The molecule has 0 heterocycles. The van der Waals surface area contributed by atoms with E-state index in [0.717, 1.165) is 11.1 Å². The van der Waals surface area contributed by atoms with Crippen molar-refractivity contribution in [2.75, 3.05) is 0 Å². The van der Waals surface area contributed by atoms with E-state index < -0.39 is 36.6 Å². The van der Waals surface area contributed by atoms with Gasteiger partial charge in [0.15, 0.2) is 0 Å². The number of nitrogens with one attached hydrogen (secondary N) is 6. The Bertz CT molecular complexity index is 982. The third-order valence-electron chi connectivity index (χ3n) is 5.32. The van der Waals surface area contributed by atoms with Gasteiger partial charge in [0.2, 0.25) is 0 Å². The van der Waals surface area contributed by atoms with Crippen LogP contribution in [0.2, 0.25) is 0 Å². The third-order valence-corrected chi connectivity index (χ3v) is 5.32. The number of benzene rings is 2. The minimum Gasteiger partial charge on any atom is -0.445 e. The lowest BCUT2D eigenvalue weighted by Crippen LogP contribution is -2.58. The molecule has 0 aromatic heterocycles. The van der Waals surface area contributed by atoms with Crippen LogP contribution in [0.3, 0.4) is 0 Å². The maximum atomic E-state index is 12.4. The molecule has 6 N–H and O–H groups in total. The Kier molecular flexibility index (Phi) is 13.6. The van der Waals surface area contributed by atoms with Crippen LogP contribution in [0.4, 0.5) is 19.2 Å². The first-order valence-corrected chi connectivity index (χ1v) is 13.2. The first kappa shape index (κ1) is 31.7. The molecule has 0 aliphatic heterocycles. The maximum absolute atomic E-state index is 12.4. The van der Waals surface area contributed by atoms with E-state index in [-0.39, 0.29) is 25.0 Å². The van der Waals surface area contributed by atoms with Crippen molar-refractivity contribution in [1.29, 1.82) is 0 Å². The van der Waals surface area contributed by atoms with Crippen molar-refractivity contribution < 1.29 is 28.7 Å². The number of carbonyl (C=O) groups excluding carboxylic acids is 4. The van der Waals surface area contributed by atoms with Gasteiger partial charge in [-0.1, -0.05) is 88.4 Å². The van der Waals surface area contributed by atoms with E-state index in [1.54, 1.807) is 0 Å². The fraction of sp³-hybridized carbons (Fsp3) is 0.429.